The van der Waals surface area contributed by atoms with Crippen LogP contribution in [0.4, 0.5) is 15.9 Å². The van der Waals surface area contributed by atoms with E-state index in [0.29, 0.717) is 29.0 Å². The lowest BCUT2D eigenvalue weighted by molar-refractivity contribution is 0.119. The van der Waals surface area contributed by atoms with Crippen molar-refractivity contribution in [3.05, 3.63) is 75.1 Å². The minimum absolute atomic E-state index is 0.0666. The summed E-state index contributed by atoms with van der Waals surface area (Å²) >= 11 is 0. The molecule has 6 nitrogen and oxygen atoms in total. The highest BCUT2D eigenvalue weighted by Crippen LogP contribution is 2.33. The summed E-state index contributed by atoms with van der Waals surface area (Å²) in [6, 6.07) is 10.9. The van der Waals surface area contributed by atoms with Gasteiger partial charge in [0.2, 0.25) is 5.52 Å². The number of anilines is 1. The highest BCUT2D eigenvalue weighted by atomic mass is 19.1. The van der Waals surface area contributed by atoms with Gasteiger partial charge in [0.25, 0.3) is 11.4 Å². The number of aromatic nitrogens is 2. The van der Waals surface area contributed by atoms with Crippen molar-refractivity contribution in [1.82, 2.24) is 14.5 Å². The normalized spacial score (nSPS) is 20.3. The summed E-state index contributed by atoms with van der Waals surface area (Å²) in [5.74, 6) is 0.133. The minimum Gasteiger partial charge on any atom is -0.362 e. The number of benzene rings is 1. The quantitative estimate of drug-likeness (QED) is 0.567. The highest BCUT2D eigenvalue weighted by Gasteiger charge is 2.34. The van der Waals surface area contributed by atoms with E-state index in [1.807, 2.05) is 12.1 Å². The van der Waals surface area contributed by atoms with E-state index in [9.17, 15) is 9.18 Å². The lowest BCUT2D eigenvalue weighted by Crippen LogP contribution is -2.57. The number of halogens is 1. The summed E-state index contributed by atoms with van der Waals surface area (Å²) in [5.41, 5.74) is 3.66. The lowest BCUT2D eigenvalue weighted by atomic mass is 9.99. The molecule has 0 amide bonds. The number of hydrogen-bond donors (Lipinski definition) is 0. The van der Waals surface area contributed by atoms with Gasteiger partial charge in [-0.1, -0.05) is 18.7 Å². The van der Waals surface area contributed by atoms with Gasteiger partial charge in [0, 0.05) is 44.3 Å². The number of hydrogen-bond acceptors (Lipinski definition) is 4. The van der Waals surface area contributed by atoms with Gasteiger partial charge in [0.15, 0.2) is 0 Å². The van der Waals surface area contributed by atoms with Gasteiger partial charge < -0.3 is 14.3 Å². The molecule has 166 valence electrons. The first-order valence-corrected chi connectivity index (χ1v) is 10.9. The zero-order chi connectivity index (χ0) is 23.2. The molecule has 0 aliphatic carbocycles. The molecule has 1 aromatic carbocycles. The van der Waals surface area contributed by atoms with Crippen LogP contribution in [0.3, 0.4) is 0 Å². The summed E-state index contributed by atoms with van der Waals surface area (Å²) < 4.78 is 15.7. The van der Waals surface area contributed by atoms with E-state index in [1.54, 1.807) is 42.8 Å². The van der Waals surface area contributed by atoms with Gasteiger partial charge in [-0.2, -0.15) is 0 Å². The second kappa shape index (κ2) is 8.36. The Balaban J connectivity index is 1.69. The van der Waals surface area contributed by atoms with E-state index in [0.717, 1.165) is 17.8 Å². The molecule has 32 heavy (non-hydrogen) atoms. The Hall–Kier alpha value is -3.24. The van der Waals surface area contributed by atoms with E-state index in [2.05, 4.69) is 40.4 Å². The Kier molecular flexibility index (Phi) is 5.74. The van der Waals surface area contributed by atoms with Crippen LogP contribution in [0.2, 0.25) is 0 Å². The second-order valence-corrected chi connectivity index (χ2v) is 8.81. The average Bonchev–Trinajstić information content (AvgIpc) is 2.78. The van der Waals surface area contributed by atoms with E-state index in [-0.39, 0.29) is 29.5 Å². The maximum absolute atomic E-state index is 14.2. The van der Waals surface area contributed by atoms with Crippen molar-refractivity contribution in [1.29, 1.82) is 0 Å². The van der Waals surface area contributed by atoms with Crippen LogP contribution in [0.15, 0.2) is 41.2 Å². The molecule has 7 heteroatoms. The predicted octanol–water partition coefficient (Wildman–Crippen LogP) is 4.59. The Morgan fingerprint density at radius 3 is 2.59 bits per heavy atom. The van der Waals surface area contributed by atoms with Crippen molar-refractivity contribution in [3.8, 4) is 0 Å². The monoisotopic (exact) mass is 433 g/mol. The first kappa shape index (κ1) is 22.0. The molecule has 0 bridgehead atoms. The molecule has 1 saturated heterocycles. The molecule has 3 aromatic rings. The number of pyridine rings is 2. The molecule has 1 unspecified atom stereocenters. The molecule has 0 spiro atoms. The first-order chi connectivity index (χ1) is 15.2. The van der Waals surface area contributed by atoms with Gasteiger partial charge in [-0.25, -0.2) is 4.39 Å². The largest absolute Gasteiger partial charge is 0.362 e. The molecule has 0 N–H and O–H groups in total. The second-order valence-electron chi connectivity index (χ2n) is 8.81. The third kappa shape index (κ3) is 3.76. The predicted molar refractivity (Wildman–Crippen MR) is 126 cm³/mol. The van der Waals surface area contributed by atoms with Crippen molar-refractivity contribution in [2.75, 3.05) is 18.0 Å². The van der Waals surface area contributed by atoms with Crippen molar-refractivity contribution < 1.29 is 4.39 Å². The molecule has 0 saturated carbocycles. The smallest absolute Gasteiger partial charge is 0.270 e. The molecule has 3 heterocycles. The fourth-order valence-electron chi connectivity index (χ4n) is 4.67. The van der Waals surface area contributed by atoms with E-state index in [1.165, 1.54) is 0 Å². The number of rotatable bonds is 3. The van der Waals surface area contributed by atoms with Crippen LogP contribution in [0, 0.1) is 19.3 Å². The fraction of sp³-hybridized carbons (Fsp3) is 0.400. The SMILES string of the molecule is [C-]#[N+]c1ccc2c(n1)c(N1C[C@@H](C)N(C(C)c3ccc(C)c(F)c3)C[C@@H]1C)cc(=O)n2C. The first-order valence-electron chi connectivity index (χ1n) is 10.9. The zero-order valence-electron chi connectivity index (χ0n) is 19.1. The summed E-state index contributed by atoms with van der Waals surface area (Å²) in [4.78, 5) is 25.3. The van der Waals surface area contributed by atoms with Gasteiger partial charge in [-0.05, 0) is 57.0 Å². The summed E-state index contributed by atoms with van der Waals surface area (Å²) in [7, 11) is 1.72. The molecule has 3 atom stereocenters. The van der Waals surface area contributed by atoms with Crippen molar-refractivity contribution >= 4 is 22.5 Å². The van der Waals surface area contributed by atoms with Gasteiger partial charge >= 0.3 is 0 Å². The summed E-state index contributed by atoms with van der Waals surface area (Å²) in [6.07, 6.45) is 0. The average molecular weight is 434 g/mol. The number of nitrogens with zero attached hydrogens (tertiary/aromatic N) is 5. The van der Waals surface area contributed by atoms with Crippen LogP contribution < -0.4 is 10.5 Å². The van der Waals surface area contributed by atoms with Crippen LogP contribution in [-0.2, 0) is 7.05 Å². The van der Waals surface area contributed by atoms with E-state index >= 15 is 0 Å². The van der Waals surface area contributed by atoms with Crippen molar-refractivity contribution in [3.63, 3.8) is 0 Å². The summed E-state index contributed by atoms with van der Waals surface area (Å²) in [6.45, 7) is 17.0. The maximum atomic E-state index is 14.2. The Labute approximate surface area is 187 Å². The molecule has 4 rings (SSSR count). The molecular weight excluding hydrogens is 405 g/mol. The standard InChI is InChI=1S/C25H28FN5O/c1-15-7-8-19(11-20(15)26)18(4)30-13-17(3)31(14-16(30)2)22-12-24(32)29(6)21-9-10-23(27-5)28-25(21)22/h7-12,16-18H,13-14H2,1-4,6H3/t16-,17+,18?/m1/s1. The lowest BCUT2D eigenvalue weighted by Gasteiger charge is -2.47. The van der Waals surface area contributed by atoms with Crippen molar-refractivity contribution in [2.45, 2.75) is 45.8 Å². The molecule has 1 fully saturated rings. The number of piperazine rings is 1. The highest BCUT2D eigenvalue weighted by molar-refractivity contribution is 5.89. The molecule has 2 aromatic heterocycles. The third-order valence-corrected chi connectivity index (χ3v) is 6.69. The van der Waals surface area contributed by atoms with E-state index in [4.69, 9.17) is 6.57 Å². The van der Waals surface area contributed by atoms with Gasteiger partial charge in [-0.3, -0.25) is 9.69 Å². The van der Waals surface area contributed by atoms with Crippen LogP contribution in [-0.4, -0.2) is 39.6 Å². The van der Waals surface area contributed by atoms with Crippen molar-refractivity contribution in [2.24, 2.45) is 7.05 Å². The Morgan fingerprint density at radius 2 is 1.91 bits per heavy atom. The van der Waals surface area contributed by atoms with Crippen LogP contribution in [0.25, 0.3) is 15.9 Å². The number of fused-ring (bicyclic) bond motifs is 1. The zero-order valence-corrected chi connectivity index (χ0v) is 19.1. The minimum atomic E-state index is -0.179. The Morgan fingerprint density at radius 1 is 1.16 bits per heavy atom. The molecule has 0 radical (unpaired) electrons. The van der Waals surface area contributed by atoms with Gasteiger partial charge in [0.05, 0.1) is 11.2 Å². The maximum Gasteiger partial charge on any atom is 0.270 e. The summed E-state index contributed by atoms with van der Waals surface area (Å²) in [5, 5.41) is 0. The van der Waals surface area contributed by atoms with Crippen LogP contribution >= 0.6 is 0 Å². The Bertz CT molecular complexity index is 1280. The molecular formula is C25H28FN5O. The molecule has 1 aliphatic heterocycles. The topological polar surface area (TPSA) is 45.7 Å². The van der Waals surface area contributed by atoms with Crippen LogP contribution in [0.1, 0.15) is 37.9 Å². The fourth-order valence-corrected chi connectivity index (χ4v) is 4.67. The van der Waals surface area contributed by atoms with Crippen LogP contribution in [0.5, 0.6) is 0 Å². The van der Waals surface area contributed by atoms with Gasteiger partial charge in [0.1, 0.15) is 5.82 Å². The third-order valence-electron chi connectivity index (χ3n) is 6.69. The number of aryl methyl sites for hydroxylation is 2. The van der Waals surface area contributed by atoms with E-state index < -0.39 is 0 Å². The molecule has 1 aliphatic rings. The van der Waals surface area contributed by atoms with Gasteiger partial charge in [-0.15, -0.1) is 4.98 Å².